The molecule has 3 atom stereocenters. The van der Waals surface area contributed by atoms with Gasteiger partial charge in [0.1, 0.15) is 6.10 Å². The monoisotopic (exact) mass is 230 g/mol. The Bertz CT molecular complexity index is 173. The molecule has 3 nitrogen and oxygen atoms in total. The van der Waals surface area contributed by atoms with Gasteiger partial charge in [0.25, 0.3) is 0 Å². The lowest BCUT2D eigenvalue weighted by molar-refractivity contribution is -0.192. The lowest BCUT2D eigenvalue weighted by atomic mass is 9.88. The number of hydrogen-bond acceptors (Lipinski definition) is 3. The third kappa shape index (κ3) is 4.40. The maximum absolute atomic E-state index is 9.54. The highest BCUT2D eigenvalue weighted by Crippen LogP contribution is 2.27. The molecule has 1 aliphatic carbocycles. The van der Waals surface area contributed by atoms with Crippen molar-refractivity contribution in [3.63, 3.8) is 0 Å². The van der Waals surface area contributed by atoms with Gasteiger partial charge in [-0.05, 0) is 12.8 Å². The molecule has 0 aliphatic heterocycles. The van der Waals surface area contributed by atoms with E-state index in [4.69, 9.17) is 9.47 Å². The van der Waals surface area contributed by atoms with Crippen LogP contribution in [0, 0.1) is 0 Å². The molecule has 0 bridgehead atoms. The van der Waals surface area contributed by atoms with Crippen LogP contribution in [0.5, 0.6) is 0 Å². The van der Waals surface area contributed by atoms with Gasteiger partial charge in [0.15, 0.2) is 0 Å². The lowest BCUT2D eigenvalue weighted by Crippen LogP contribution is -2.53. The van der Waals surface area contributed by atoms with Crippen molar-refractivity contribution in [2.45, 2.75) is 70.7 Å². The van der Waals surface area contributed by atoms with Crippen molar-refractivity contribution in [1.29, 1.82) is 0 Å². The average Bonchev–Trinajstić information content (AvgIpc) is 2.27. The van der Waals surface area contributed by atoms with Crippen LogP contribution in [0.4, 0.5) is 0 Å². The minimum atomic E-state index is -0.313. The van der Waals surface area contributed by atoms with Crippen LogP contribution in [0.25, 0.3) is 0 Å². The Kier molecular flexibility index (Phi) is 7.01. The summed E-state index contributed by atoms with van der Waals surface area (Å²) in [6.45, 7) is 5.81. The quantitative estimate of drug-likeness (QED) is 0.619. The summed E-state index contributed by atoms with van der Waals surface area (Å²) in [7, 11) is 0. The summed E-state index contributed by atoms with van der Waals surface area (Å²) >= 11 is 0. The zero-order valence-corrected chi connectivity index (χ0v) is 10.7. The molecule has 0 heterocycles. The highest BCUT2D eigenvalue weighted by atomic mass is 16.6. The first-order valence-corrected chi connectivity index (χ1v) is 6.70. The second-order valence-electron chi connectivity index (χ2n) is 4.61. The largest absolute Gasteiger partial charge is 0.390 e. The van der Waals surface area contributed by atoms with Gasteiger partial charge < -0.3 is 14.6 Å². The van der Waals surface area contributed by atoms with E-state index in [0.29, 0.717) is 0 Å². The fraction of sp³-hybridized carbons (Fsp3) is 1.00. The maximum atomic E-state index is 9.54. The Morgan fingerprint density at radius 1 is 1.00 bits per heavy atom. The van der Waals surface area contributed by atoms with Crippen LogP contribution in [0.2, 0.25) is 0 Å². The molecule has 0 aromatic carbocycles. The van der Waals surface area contributed by atoms with Gasteiger partial charge in [0, 0.05) is 19.6 Å². The summed E-state index contributed by atoms with van der Waals surface area (Å²) in [6, 6.07) is 0. The molecule has 1 fully saturated rings. The van der Waals surface area contributed by atoms with E-state index in [0.717, 1.165) is 32.5 Å². The number of rotatable bonds is 9. The van der Waals surface area contributed by atoms with Crippen LogP contribution in [-0.2, 0) is 9.47 Å². The van der Waals surface area contributed by atoms with Gasteiger partial charge in [-0.2, -0.15) is 0 Å². The molecular formula is C13H26O3. The Morgan fingerprint density at radius 2 is 1.81 bits per heavy atom. The maximum Gasteiger partial charge on any atom is 0.110 e. The molecule has 96 valence electrons. The molecule has 0 saturated heterocycles. The number of hydrogen-bond donors (Lipinski definition) is 1. The molecule has 16 heavy (non-hydrogen) atoms. The summed E-state index contributed by atoms with van der Waals surface area (Å²) in [4.78, 5) is 0. The molecular weight excluding hydrogens is 204 g/mol. The number of aliphatic hydroxyl groups excluding tert-OH is 1. The summed E-state index contributed by atoms with van der Waals surface area (Å²) in [5.74, 6) is 0. The van der Waals surface area contributed by atoms with Gasteiger partial charge in [-0.15, -0.1) is 0 Å². The highest BCUT2D eigenvalue weighted by Gasteiger charge is 2.41. The van der Waals surface area contributed by atoms with E-state index in [2.05, 4.69) is 13.8 Å². The molecule has 0 aromatic heterocycles. The number of unbranched alkanes of at least 4 members (excludes halogenated alkanes) is 3. The first-order valence-electron chi connectivity index (χ1n) is 6.70. The summed E-state index contributed by atoms with van der Waals surface area (Å²) < 4.78 is 11.3. The summed E-state index contributed by atoms with van der Waals surface area (Å²) in [6.07, 6.45) is 6.37. The molecule has 1 rings (SSSR count). The topological polar surface area (TPSA) is 38.7 Å². The Balaban J connectivity index is 2.03. The minimum Gasteiger partial charge on any atom is -0.390 e. The molecule has 3 heteroatoms. The van der Waals surface area contributed by atoms with Gasteiger partial charge in [0.05, 0.1) is 12.2 Å². The second kappa shape index (κ2) is 8.04. The van der Waals surface area contributed by atoms with E-state index in [-0.39, 0.29) is 18.3 Å². The molecule has 3 unspecified atom stereocenters. The van der Waals surface area contributed by atoms with Crippen LogP contribution in [0.1, 0.15) is 52.4 Å². The molecule has 0 aromatic rings. The van der Waals surface area contributed by atoms with Crippen LogP contribution in [-0.4, -0.2) is 36.6 Å². The second-order valence-corrected chi connectivity index (χ2v) is 4.61. The highest BCUT2D eigenvalue weighted by molar-refractivity contribution is 4.91. The smallest absolute Gasteiger partial charge is 0.110 e. The van der Waals surface area contributed by atoms with E-state index < -0.39 is 0 Å². The minimum absolute atomic E-state index is 0.0777. The van der Waals surface area contributed by atoms with Gasteiger partial charge in [-0.1, -0.05) is 33.1 Å². The Labute approximate surface area is 99.1 Å². The van der Waals surface area contributed by atoms with Crippen LogP contribution < -0.4 is 0 Å². The Hall–Kier alpha value is -0.120. The van der Waals surface area contributed by atoms with Crippen LogP contribution >= 0.6 is 0 Å². The van der Waals surface area contributed by atoms with E-state index in [1.807, 2.05) is 0 Å². The molecule has 1 aliphatic rings. The normalized spacial score (nSPS) is 29.1. The molecule has 0 radical (unpaired) electrons. The molecule has 0 amide bonds. The van der Waals surface area contributed by atoms with E-state index >= 15 is 0 Å². The van der Waals surface area contributed by atoms with Crippen molar-refractivity contribution in [3.05, 3.63) is 0 Å². The van der Waals surface area contributed by atoms with Crippen molar-refractivity contribution < 1.29 is 14.6 Å². The van der Waals surface area contributed by atoms with E-state index in [1.54, 1.807) is 0 Å². The predicted octanol–water partition coefficient (Wildman–Crippen LogP) is 2.51. The van der Waals surface area contributed by atoms with Crippen molar-refractivity contribution in [3.8, 4) is 0 Å². The van der Waals surface area contributed by atoms with Gasteiger partial charge >= 0.3 is 0 Å². The standard InChI is InChI=1S/C13H26O3/c1-3-5-6-7-9-15-12-10-11(14)13(12)16-8-4-2/h11-14H,3-10H2,1-2H3. The third-order valence-electron chi connectivity index (χ3n) is 3.06. The SMILES string of the molecule is CCCCCCOC1CC(O)C1OCCC. The van der Waals surface area contributed by atoms with Gasteiger partial charge in [-0.25, -0.2) is 0 Å². The van der Waals surface area contributed by atoms with E-state index in [9.17, 15) is 5.11 Å². The van der Waals surface area contributed by atoms with Crippen molar-refractivity contribution in [2.24, 2.45) is 0 Å². The number of ether oxygens (including phenoxy) is 2. The third-order valence-corrected chi connectivity index (χ3v) is 3.06. The van der Waals surface area contributed by atoms with Crippen LogP contribution in [0.3, 0.4) is 0 Å². The first-order chi connectivity index (χ1) is 7.79. The fourth-order valence-electron chi connectivity index (χ4n) is 1.96. The molecule has 1 saturated carbocycles. The first kappa shape index (κ1) is 13.9. The zero-order valence-electron chi connectivity index (χ0n) is 10.7. The molecule has 0 spiro atoms. The van der Waals surface area contributed by atoms with Crippen molar-refractivity contribution in [1.82, 2.24) is 0 Å². The summed E-state index contributed by atoms with van der Waals surface area (Å²) in [5.41, 5.74) is 0. The zero-order chi connectivity index (χ0) is 11.8. The van der Waals surface area contributed by atoms with Gasteiger partial charge in [0.2, 0.25) is 0 Å². The van der Waals surface area contributed by atoms with Crippen molar-refractivity contribution >= 4 is 0 Å². The average molecular weight is 230 g/mol. The van der Waals surface area contributed by atoms with Crippen molar-refractivity contribution in [2.75, 3.05) is 13.2 Å². The lowest BCUT2D eigenvalue weighted by Gasteiger charge is -2.40. The van der Waals surface area contributed by atoms with Gasteiger partial charge in [-0.3, -0.25) is 0 Å². The fourth-order valence-corrected chi connectivity index (χ4v) is 1.96. The van der Waals surface area contributed by atoms with E-state index in [1.165, 1.54) is 19.3 Å². The number of aliphatic hydroxyl groups is 1. The summed E-state index contributed by atoms with van der Waals surface area (Å²) in [5, 5.41) is 9.54. The van der Waals surface area contributed by atoms with Crippen LogP contribution in [0.15, 0.2) is 0 Å². The predicted molar refractivity (Wildman–Crippen MR) is 64.5 cm³/mol. The molecule has 1 N–H and O–H groups in total. The Morgan fingerprint density at radius 3 is 2.44 bits per heavy atom.